The average Bonchev–Trinajstić information content (AvgIpc) is 2.67. The Morgan fingerprint density at radius 1 is 1.32 bits per heavy atom. The van der Waals surface area contributed by atoms with Gasteiger partial charge in [-0.2, -0.15) is 0 Å². The molecule has 0 aliphatic carbocycles. The summed E-state index contributed by atoms with van der Waals surface area (Å²) in [6.45, 7) is 6.22. The highest BCUT2D eigenvalue weighted by Gasteiger charge is 2.18. The van der Waals surface area contributed by atoms with Crippen molar-refractivity contribution < 1.29 is 8.78 Å². The third kappa shape index (κ3) is 5.45. The molecule has 7 heteroatoms. The molecule has 0 spiro atoms. The van der Waals surface area contributed by atoms with E-state index in [9.17, 15) is 13.6 Å². The van der Waals surface area contributed by atoms with Crippen molar-refractivity contribution in [3.05, 3.63) is 51.9 Å². The first-order valence-electron chi connectivity index (χ1n) is 9.83. The number of nitrogens with one attached hydrogen (secondary N) is 1. The van der Waals surface area contributed by atoms with E-state index in [1.165, 1.54) is 25.8 Å². The molecule has 1 aliphatic rings. The number of likely N-dealkylation sites (tertiary alicyclic amines) is 1. The zero-order valence-corrected chi connectivity index (χ0v) is 16.5. The largest absolute Gasteiger partial charge is 0.307 e. The number of hydrogen-bond acceptors (Lipinski definition) is 4. The molecule has 5 nitrogen and oxygen atoms in total. The van der Waals surface area contributed by atoms with E-state index in [1.54, 1.807) is 6.07 Å². The number of rotatable bonds is 7. The molecule has 1 fully saturated rings. The molecule has 1 aromatic carbocycles. The maximum atomic E-state index is 12.9. The number of piperidine rings is 1. The minimum absolute atomic E-state index is 0.175. The van der Waals surface area contributed by atoms with E-state index in [0.29, 0.717) is 11.6 Å². The Labute approximate surface area is 164 Å². The van der Waals surface area contributed by atoms with Crippen LogP contribution in [0.2, 0.25) is 0 Å². The molecule has 1 aromatic heterocycles. The number of likely N-dealkylation sites (N-methyl/N-ethyl adjacent to an activating group) is 1. The Morgan fingerprint density at radius 2 is 2.14 bits per heavy atom. The lowest BCUT2D eigenvalue weighted by Gasteiger charge is -2.34. The van der Waals surface area contributed by atoms with Gasteiger partial charge in [-0.05, 0) is 45.0 Å². The molecule has 28 heavy (non-hydrogen) atoms. The summed E-state index contributed by atoms with van der Waals surface area (Å²) in [7, 11) is 2.08. The lowest BCUT2D eigenvalue weighted by Crippen LogP contribution is -2.41. The quantitative estimate of drug-likeness (QED) is 0.784. The van der Waals surface area contributed by atoms with E-state index in [4.69, 9.17) is 0 Å². The summed E-state index contributed by atoms with van der Waals surface area (Å²) >= 11 is 0. The molecular weight excluding hydrogens is 362 g/mol. The van der Waals surface area contributed by atoms with Gasteiger partial charge in [0.15, 0.2) is 0 Å². The van der Waals surface area contributed by atoms with Gasteiger partial charge in [-0.3, -0.25) is 9.69 Å². The zero-order valence-electron chi connectivity index (χ0n) is 16.5. The molecule has 2 aromatic rings. The first-order valence-corrected chi connectivity index (χ1v) is 9.83. The Balaban J connectivity index is 1.65. The highest BCUT2D eigenvalue weighted by Crippen LogP contribution is 2.20. The van der Waals surface area contributed by atoms with Gasteiger partial charge in [-0.15, -0.1) is 0 Å². The number of H-pyrrole nitrogens is 1. The number of aromatic nitrogens is 2. The second kappa shape index (κ2) is 9.39. The normalized spacial score (nSPS) is 18.1. The summed E-state index contributed by atoms with van der Waals surface area (Å²) in [5.41, 5.74) is 0.613. The molecule has 0 bridgehead atoms. The maximum Gasteiger partial charge on any atom is 0.280 e. The monoisotopic (exact) mass is 390 g/mol. The molecule has 3 rings (SSSR count). The molecule has 1 saturated heterocycles. The predicted octanol–water partition coefficient (Wildman–Crippen LogP) is 3.68. The van der Waals surface area contributed by atoms with Crippen molar-refractivity contribution >= 4 is 0 Å². The number of aromatic amines is 1. The first-order chi connectivity index (χ1) is 13.4. The standard InChI is InChI=1S/C21H28F2N4O/c1-15-6-3-4-9-27(15)11-10-26(2)14-16-7-5-8-17(12-16)21-24-18(20(22)23)13-19(28)25-21/h5,7-8,12-13,15,20H,3-4,6,9-11,14H2,1-2H3,(H,24,25,28). The first kappa shape index (κ1) is 20.6. The van der Waals surface area contributed by atoms with Gasteiger partial charge in [0.2, 0.25) is 0 Å². The fourth-order valence-corrected chi connectivity index (χ4v) is 3.72. The molecule has 0 amide bonds. The average molecular weight is 390 g/mol. The van der Waals surface area contributed by atoms with Gasteiger partial charge < -0.3 is 9.88 Å². The highest BCUT2D eigenvalue weighted by molar-refractivity contribution is 5.56. The van der Waals surface area contributed by atoms with Crippen molar-refractivity contribution in [2.45, 2.75) is 45.2 Å². The van der Waals surface area contributed by atoms with E-state index < -0.39 is 17.7 Å². The Bertz CT molecular complexity index is 839. The third-order valence-corrected chi connectivity index (χ3v) is 5.35. The zero-order chi connectivity index (χ0) is 20.1. The second-order valence-corrected chi connectivity index (χ2v) is 7.64. The summed E-state index contributed by atoms with van der Waals surface area (Å²) in [6.07, 6.45) is 1.10. The lowest BCUT2D eigenvalue weighted by molar-refractivity contribution is 0.141. The van der Waals surface area contributed by atoms with Gasteiger partial charge in [0.25, 0.3) is 12.0 Å². The van der Waals surface area contributed by atoms with Crippen LogP contribution >= 0.6 is 0 Å². The number of halogens is 2. The van der Waals surface area contributed by atoms with Crippen LogP contribution in [0, 0.1) is 0 Å². The molecule has 1 atom stereocenters. The van der Waals surface area contributed by atoms with Crippen LogP contribution in [0.1, 0.15) is 43.9 Å². The van der Waals surface area contributed by atoms with Gasteiger partial charge in [-0.25, -0.2) is 13.8 Å². The van der Waals surface area contributed by atoms with Crippen LogP contribution in [-0.4, -0.2) is 52.5 Å². The molecule has 0 radical (unpaired) electrons. The highest BCUT2D eigenvalue weighted by atomic mass is 19.3. The molecular formula is C21H28F2N4O. The molecule has 2 heterocycles. The van der Waals surface area contributed by atoms with Crippen LogP contribution in [0.5, 0.6) is 0 Å². The minimum atomic E-state index is -2.77. The van der Waals surface area contributed by atoms with E-state index in [1.807, 2.05) is 18.2 Å². The third-order valence-electron chi connectivity index (χ3n) is 5.35. The van der Waals surface area contributed by atoms with Crippen molar-refractivity contribution in [2.75, 3.05) is 26.7 Å². The summed E-state index contributed by atoms with van der Waals surface area (Å²) in [6, 6.07) is 9.02. The fourth-order valence-electron chi connectivity index (χ4n) is 3.72. The van der Waals surface area contributed by atoms with Crippen molar-refractivity contribution in [2.24, 2.45) is 0 Å². The van der Waals surface area contributed by atoms with Gasteiger partial charge in [-0.1, -0.05) is 24.6 Å². The van der Waals surface area contributed by atoms with Crippen LogP contribution < -0.4 is 5.56 Å². The molecule has 1 unspecified atom stereocenters. The summed E-state index contributed by atoms with van der Waals surface area (Å²) in [5, 5.41) is 0. The second-order valence-electron chi connectivity index (χ2n) is 7.64. The van der Waals surface area contributed by atoms with Gasteiger partial charge in [0.05, 0.1) is 0 Å². The molecule has 152 valence electrons. The van der Waals surface area contributed by atoms with Crippen molar-refractivity contribution in [3.8, 4) is 11.4 Å². The van der Waals surface area contributed by atoms with Crippen molar-refractivity contribution in [3.63, 3.8) is 0 Å². The van der Waals surface area contributed by atoms with Gasteiger partial charge in [0, 0.05) is 37.3 Å². The van der Waals surface area contributed by atoms with Crippen LogP contribution in [0.4, 0.5) is 8.78 Å². The molecule has 1 aliphatic heterocycles. The van der Waals surface area contributed by atoms with Gasteiger partial charge >= 0.3 is 0 Å². The van der Waals surface area contributed by atoms with Gasteiger partial charge in [0.1, 0.15) is 11.5 Å². The number of alkyl halides is 2. The van der Waals surface area contributed by atoms with Crippen LogP contribution in [0.15, 0.2) is 35.1 Å². The summed E-state index contributed by atoms with van der Waals surface area (Å²) < 4.78 is 25.9. The number of hydrogen-bond donors (Lipinski definition) is 1. The topological polar surface area (TPSA) is 52.2 Å². The Hall–Kier alpha value is -2.12. The van der Waals surface area contributed by atoms with Crippen molar-refractivity contribution in [1.82, 2.24) is 19.8 Å². The smallest absolute Gasteiger partial charge is 0.280 e. The van der Waals surface area contributed by atoms with Crippen molar-refractivity contribution in [1.29, 1.82) is 0 Å². The lowest BCUT2D eigenvalue weighted by atomic mass is 10.0. The van der Waals surface area contributed by atoms with E-state index >= 15 is 0 Å². The maximum absolute atomic E-state index is 12.9. The van der Waals surface area contributed by atoms with E-state index in [-0.39, 0.29) is 5.82 Å². The van der Waals surface area contributed by atoms with Crippen LogP contribution in [-0.2, 0) is 6.54 Å². The fraction of sp³-hybridized carbons (Fsp3) is 0.524. The van der Waals surface area contributed by atoms with Crippen LogP contribution in [0.25, 0.3) is 11.4 Å². The molecule has 1 N–H and O–H groups in total. The number of benzene rings is 1. The predicted molar refractivity (Wildman–Crippen MR) is 106 cm³/mol. The number of nitrogens with zero attached hydrogens (tertiary/aromatic N) is 3. The molecule has 0 saturated carbocycles. The van der Waals surface area contributed by atoms with Crippen LogP contribution in [0.3, 0.4) is 0 Å². The Kier molecular flexibility index (Phi) is 6.91. The summed E-state index contributed by atoms with van der Waals surface area (Å²) in [5.74, 6) is 0.175. The SMILES string of the molecule is CC1CCCCN1CCN(C)Cc1cccc(-c2nc(C(F)F)cc(=O)[nH]2)c1. The summed E-state index contributed by atoms with van der Waals surface area (Å²) in [4.78, 5) is 22.9. The van der Waals surface area contributed by atoms with E-state index in [2.05, 4.69) is 33.7 Å². The Morgan fingerprint density at radius 3 is 2.89 bits per heavy atom. The minimum Gasteiger partial charge on any atom is -0.307 e. The van der Waals surface area contributed by atoms with E-state index in [0.717, 1.165) is 31.3 Å².